The van der Waals surface area contributed by atoms with Crippen molar-refractivity contribution in [3.05, 3.63) is 34.4 Å². The largest absolute Gasteiger partial charge is 0.489 e. The Morgan fingerprint density at radius 1 is 1.22 bits per heavy atom. The Balaban J connectivity index is 1.35. The summed E-state index contributed by atoms with van der Waals surface area (Å²) in [5.74, 6) is -1.14. The number of nitrogens with zero attached hydrogens (tertiary/aromatic N) is 5. The van der Waals surface area contributed by atoms with Crippen LogP contribution in [0.5, 0.6) is 11.8 Å². The summed E-state index contributed by atoms with van der Waals surface area (Å²) >= 11 is 7.86. The molecule has 6 heterocycles. The fourth-order valence-electron chi connectivity index (χ4n) is 7.47. The van der Waals surface area contributed by atoms with Gasteiger partial charge in [-0.2, -0.15) is 15.2 Å². The van der Waals surface area contributed by atoms with Gasteiger partial charge in [0.1, 0.15) is 47.6 Å². The second-order valence-corrected chi connectivity index (χ2v) is 13.7. The van der Waals surface area contributed by atoms with E-state index in [0.717, 1.165) is 30.7 Å². The van der Waals surface area contributed by atoms with Crippen LogP contribution in [0.2, 0.25) is 5.02 Å². The number of aliphatic hydroxyl groups excluding tert-OH is 1. The van der Waals surface area contributed by atoms with E-state index in [0.29, 0.717) is 13.0 Å². The van der Waals surface area contributed by atoms with Crippen LogP contribution >= 0.6 is 22.9 Å². The summed E-state index contributed by atoms with van der Waals surface area (Å²) < 4.78 is 64.7. The first-order valence-corrected chi connectivity index (χ1v) is 16.2. The number of ether oxygens (including phenoxy) is 3. The molecule has 3 saturated heterocycles. The molecule has 0 amide bonds. The van der Waals surface area contributed by atoms with E-state index in [1.165, 1.54) is 12.1 Å². The lowest BCUT2D eigenvalue weighted by molar-refractivity contribution is 0.0510. The summed E-state index contributed by atoms with van der Waals surface area (Å²) in [6, 6.07) is 3.97. The third kappa shape index (κ3) is 4.47. The van der Waals surface area contributed by atoms with Crippen LogP contribution < -0.4 is 20.1 Å². The molecule has 0 aliphatic carbocycles. The number of anilines is 2. The van der Waals surface area contributed by atoms with Crippen molar-refractivity contribution in [1.29, 1.82) is 5.26 Å². The fourth-order valence-corrected chi connectivity index (χ4v) is 8.75. The number of alkyl halides is 1. The van der Waals surface area contributed by atoms with E-state index < -0.39 is 35.5 Å². The molecule has 8 rings (SSSR count). The minimum atomic E-state index is -0.968. The molecule has 46 heavy (non-hydrogen) atoms. The normalized spacial score (nSPS) is 26.0. The summed E-state index contributed by atoms with van der Waals surface area (Å²) in [5, 5.41) is 20.8. The van der Waals surface area contributed by atoms with Gasteiger partial charge in [-0.05, 0) is 31.0 Å². The number of hydrogen-bond acceptors (Lipinski definition) is 11. The summed E-state index contributed by atoms with van der Waals surface area (Å²) in [6.45, 7) is 1.66. The molecule has 4 aliphatic heterocycles. The number of aromatic nitrogens is 2. The Bertz CT molecular complexity index is 1960. The second-order valence-electron chi connectivity index (χ2n) is 12.3. The van der Waals surface area contributed by atoms with Crippen LogP contribution in [0.15, 0.2) is 12.1 Å². The van der Waals surface area contributed by atoms with Crippen LogP contribution in [0.25, 0.3) is 32.1 Å². The van der Waals surface area contributed by atoms with E-state index in [9.17, 15) is 19.1 Å². The predicted octanol–water partition coefficient (Wildman–Crippen LogP) is 4.81. The van der Waals surface area contributed by atoms with Crippen LogP contribution in [-0.4, -0.2) is 89.9 Å². The number of nitrogen functional groups attached to an aromatic ring is 1. The van der Waals surface area contributed by atoms with E-state index in [4.69, 9.17) is 36.5 Å². The number of fused-ring (bicyclic) bond motifs is 4. The molecule has 2 unspecified atom stereocenters. The monoisotopic (exact) mass is 672 g/mol. The lowest BCUT2D eigenvalue weighted by Gasteiger charge is -2.31. The minimum absolute atomic E-state index is 0.00636. The second kappa shape index (κ2) is 11.0. The number of hydrogen-bond donors (Lipinski definition) is 2. The Hall–Kier alpha value is -3.61. The Morgan fingerprint density at radius 2 is 2.07 bits per heavy atom. The molecule has 15 heteroatoms. The quantitative estimate of drug-likeness (QED) is 0.312. The number of benzene rings is 2. The van der Waals surface area contributed by atoms with Crippen molar-refractivity contribution in [2.24, 2.45) is 0 Å². The van der Waals surface area contributed by atoms with Crippen molar-refractivity contribution in [2.75, 3.05) is 56.7 Å². The van der Waals surface area contributed by atoms with Crippen LogP contribution in [-0.2, 0) is 4.74 Å². The van der Waals surface area contributed by atoms with Gasteiger partial charge in [-0.15, -0.1) is 11.3 Å². The molecule has 2 aromatic carbocycles. The molecule has 0 saturated carbocycles. The van der Waals surface area contributed by atoms with Crippen molar-refractivity contribution in [2.45, 2.75) is 43.1 Å². The SMILES string of the molecule is N#Cc1c(N)sc2c(F)ccc(-c3c(Cl)c4c5c(nc(OC[C@@]67CCCN6C[C@H](F)C7)nc5c3F)N3CC(O)COCC3CO4)c12. The zero-order chi connectivity index (χ0) is 31.9. The molecular formula is C31H28ClF3N6O4S. The van der Waals surface area contributed by atoms with Crippen molar-refractivity contribution >= 4 is 54.7 Å². The summed E-state index contributed by atoms with van der Waals surface area (Å²) in [4.78, 5) is 13.1. The van der Waals surface area contributed by atoms with Gasteiger partial charge in [-0.25, -0.2) is 13.2 Å². The van der Waals surface area contributed by atoms with E-state index in [2.05, 4.69) is 9.88 Å². The van der Waals surface area contributed by atoms with E-state index in [-0.39, 0.29) is 98.3 Å². The molecule has 3 fully saturated rings. The van der Waals surface area contributed by atoms with E-state index in [1.807, 2.05) is 6.07 Å². The molecule has 240 valence electrons. The highest BCUT2D eigenvalue weighted by Crippen LogP contribution is 2.51. The average molecular weight is 673 g/mol. The summed E-state index contributed by atoms with van der Waals surface area (Å²) in [7, 11) is 0. The van der Waals surface area contributed by atoms with Gasteiger partial charge in [0, 0.05) is 30.5 Å². The first-order valence-electron chi connectivity index (χ1n) is 15.0. The third-order valence-corrected chi connectivity index (χ3v) is 10.9. The Kier molecular flexibility index (Phi) is 7.11. The number of aliphatic hydroxyl groups is 1. The zero-order valence-electron chi connectivity index (χ0n) is 24.4. The molecule has 4 aliphatic rings. The Labute approximate surface area is 270 Å². The van der Waals surface area contributed by atoms with Crippen molar-refractivity contribution in [3.8, 4) is 29.0 Å². The lowest BCUT2D eigenvalue weighted by atomic mass is 9.95. The number of rotatable bonds is 4. The number of thiophene rings is 1. The molecule has 3 N–H and O–H groups in total. The molecule has 10 nitrogen and oxygen atoms in total. The number of nitrogens with two attached hydrogens (primary N) is 1. The summed E-state index contributed by atoms with van der Waals surface area (Å²) in [5.41, 5.74) is 5.39. The van der Waals surface area contributed by atoms with Gasteiger partial charge in [0.05, 0.1) is 51.6 Å². The topological polar surface area (TPSA) is 130 Å². The number of nitriles is 1. The van der Waals surface area contributed by atoms with Crippen LogP contribution in [0, 0.1) is 23.0 Å². The molecule has 4 aromatic rings. The van der Waals surface area contributed by atoms with Gasteiger partial charge in [0.15, 0.2) is 11.6 Å². The molecule has 4 atom stereocenters. The van der Waals surface area contributed by atoms with Gasteiger partial charge in [0.2, 0.25) is 0 Å². The maximum atomic E-state index is 17.1. The van der Waals surface area contributed by atoms with Gasteiger partial charge >= 0.3 is 6.01 Å². The van der Waals surface area contributed by atoms with Crippen LogP contribution in [0.3, 0.4) is 0 Å². The smallest absolute Gasteiger partial charge is 0.319 e. The first-order chi connectivity index (χ1) is 22.2. The van der Waals surface area contributed by atoms with Gasteiger partial charge < -0.3 is 30.0 Å². The van der Waals surface area contributed by atoms with Crippen molar-refractivity contribution in [3.63, 3.8) is 0 Å². The van der Waals surface area contributed by atoms with Gasteiger partial charge in [-0.1, -0.05) is 17.7 Å². The highest BCUT2D eigenvalue weighted by atomic mass is 35.5. The fraction of sp³-hybridized carbons (Fsp3) is 0.452. The van der Waals surface area contributed by atoms with Crippen LogP contribution in [0.4, 0.5) is 24.0 Å². The predicted molar refractivity (Wildman–Crippen MR) is 166 cm³/mol. The molecular weight excluding hydrogens is 645 g/mol. The number of halogens is 4. The third-order valence-electron chi connectivity index (χ3n) is 9.53. The maximum absolute atomic E-state index is 17.1. The van der Waals surface area contributed by atoms with Gasteiger partial charge in [0.25, 0.3) is 0 Å². The average Bonchev–Trinajstić information content (AvgIpc) is 3.59. The molecule has 0 radical (unpaired) electrons. The molecule has 0 bridgehead atoms. The standard InChI is InChI=1S/C31H28ClF3N6O4S/c32-23-21(17-2-3-19(34)27-20(17)18(7-36)28(37)46-27)24(35)25-22-26(23)44-11-15-10-43-12-16(42)9-41(15)29(22)39-30(38-25)45-13-31-4-1-5-40(31)8-14(33)6-31/h2-3,14-16,42H,1,4-6,8-13,37H2/t14-,15?,16?,31+/m1/s1. The van der Waals surface area contributed by atoms with E-state index >= 15 is 4.39 Å². The van der Waals surface area contributed by atoms with Crippen molar-refractivity contribution in [1.82, 2.24) is 14.9 Å². The minimum Gasteiger partial charge on any atom is -0.489 e. The van der Waals surface area contributed by atoms with Crippen LogP contribution in [0.1, 0.15) is 24.8 Å². The summed E-state index contributed by atoms with van der Waals surface area (Å²) in [6.07, 6.45) is 0.150. The molecule has 0 spiro atoms. The zero-order valence-corrected chi connectivity index (χ0v) is 25.9. The first kappa shape index (κ1) is 29.8. The highest BCUT2D eigenvalue weighted by Gasteiger charge is 2.49. The maximum Gasteiger partial charge on any atom is 0.319 e. The molecule has 2 aromatic heterocycles. The lowest BCUT2D eigenvalue weighted by Crippen LogP contribution is -2.44. The van der Waals surface area contributed by atoms with Gasteiger partial charge in [-0.3, -0.25) is 4.90 Å². The van der Waals surface area contributed by atoms with Crippen molar-refractivity contribution < 1.29 is 32.5 Å². The van der Waals surface area contributed by atoms with E-state index in [1.54, 1.807) is 4.90 Å². The highest BCUT2D eigenvalue weighted by molar-refractivity contribution is 7.23. The Morgan fingerprint density at radius 3 is 2.89 bits per heavy atom.